The molecule has 184 valence electrons. The van der Waals surface area contributed by atoms with Gasteiger partial charge in [0.25, 0.3) is 11.8 Å². The molecule has 0 heterocycles. The minimum Gasteiger partial charge on any atom is -0.383 e. The van der Waals surface area contributed by atoms with Crippen LogP contribution in [0.1, 0.15) is 33.2 Å². The van der Waals surface area contributed by atoms with E-state index in [1.165, 1.54) is 19.2 Å². The fourth-order valence-corrected chi connectivity index (χ4v) is 3.75. The molecule has 0 aliphatic heterocycles. The zero-order valence-electron chi connectivity index (χ0n) is 19.3. The summed E-state index contributed by atoms with van der Waals surface area (Å²) in [5, 5.41) is 2.43. The average molecular weight is 505 g/mol. The molecular weight excluding hydrogens is 481 g/mol. The van der Waals surface area contributed by atoms with Crippen LogP contribution in [-0.4, -0.2) is 38.1 Å². The summed E-state index contributed by atoms with van der Waals surface area (Å²) in [6, 6.07) is 13.9. The number of halogens is 4. The van der Waals surface area contributed by atoms with Crippen LogP contribution >= 0.6 is 11.6 Å². The Bertz CT molecular complexity index is 1220. The topological polar surface area (TPSA) is 58.6 Å². The number of rotatable bonds is 8. The molecule has 0 aromatic heterocycles. The first kappa shape index (κ1) is 26.2. The summed E-state index contributed by atoms with van der Waals surface area (Å²) >= 11 is 5.96. The number of hydrogen-bond acceptors (Lipinski definition) is 3. The number of ether oxygens (including phenoxy) is 1. The standard InChI is InChI=1S/C26H24ClF3N2O3/c1-15-4-6-17(7-5-15)18-10-19(24(33)31-16(2)14-35-3)12-21(11-18)32(26(29)30)25(34)22-9-8-20(28)13-23(22)27/h4-13,16,26H,14H2,1-3H3,(H,31,33). The number of alkyl halides is 2. The smallest absolute Gasteiger partial charge is 0.321 e. The molecule has 0 fully saturated rings. The lowest BCUT2D eigenvalue weighted by molar-refractivity contribution is 0.0835. The Morgan fingerprint density at radius 3 is 2.31 bits per heavy atom. The summed E-state index contributed by atoms with van der Waals surface area (Å²) in [5.74, 6) is -2.36. The van der Waals surface area contributed by atoms with E-state index in [-0.39, 0.29) is 39.4 Å². The SMILES string of the molecule is COCC(C)NC(=O)c1cc(-c2ccc(C)cc2)cc(N(C(=O)c2ccc(F)cc2Cl)C(F)F)c1. The van der Waals surface area contributed by atoms with Gasteiger partial charge in [-0.2, -0.15) is 8.78 Å². The number of aryl methyl sites for hydroxylation is 1. The van der Waals surface area contributed by atoms with E-state index in [1.807, 2.05) is 19.1 Å². The van der Waals surface area contributed by atoms with Gasteiger partial charge in [0.05, 0.1) is 22.9 Å². The third-order valence-corrected chi connectivity index (χ3v) is 5.53. The monoisotopic (exact) mass is 504 g/mol. The van der Waals surface area contributed by atoms with E-state index in [0.717, 1.165) is 23.8 Å². The minimum absolute atomic E-state index is 0.0738. The maximum absolute atomic E-state index is 14.2. The van der Waals surface area contributed by atoms with Gasteiger partial charge in [-0.15, -0.1) is 0 Å². The van der Waals surface area contributed by atoms with Gasteiger partial charge >= 0.3 is 6.55 Å². The Kier molecular flexibility index (Phi) is 8.53. The van der Waals surface area contributed by atoms with Gasteiger partial charge in [0.1, 0.15) is 5.82 Å². The van der Waals surface area contributed by atoms with Gasteiger partial charge in [-0.25, -0.2) is 4.39 Å². The number of nitrogens with zero attached hydrogens (tertiary/aromatic N) is 1. The Labute approximate surface area is 206 Å². The van der Waals surface area contributed by atoms with E-state index >= 15 is 0 Å². The van der Waals surface area contributed by atoms with Crippen molar-refractivity contribution in [2.24, 2.45) is 0 Å². The van der Waals surface area contributed by atoms with Crippen molar-refractivity contribution >= 4 is 29.1 Å². The highest BCUT2D eigenvalue weighted by Gasteiger charge is 2.29. The number of hydrogen-bond donors (Lipinski definition) is 1. The molecule has 1 N–H and O–H groups in total. The molecule has 0 aliphatic rings. The number of benzene rings is 3. The summed E-state index contributed by atoms with van der Waals surface area (Å²) in [5.41, 5.74) is 1.67. The Morgan fingerprint density at radius 1 is 1.03 bits per heavy atom. The van der Waals surface area contributed by atoms with Crippen LogP contribution in [0.4, 0.5) is 18.9 Å². The molecule has 0 saturated heterocycles. The van der Waals surface area contributed by atoms with Crippen molar-refractivity contribution in [3.05, 3.63) is 88.2 Å². The highest BCUT2D eigenvalue weighted by atomic mass is 35.5. The third kappa shape index (κ3) is 6.41. The largest absolute Gasteiger partial charge is 0.383 e. The Balaban J connectivity index is 2.12. The summed E-state index contributed by atoms with van der Waals surface area (Å²) < 4.78 is 47.0. The number of amides is 2. The first-order chi connectivity index (χ1) is 16.6. The zero-order chi connectivity index (χ0) is 25.7. The maximum Gasteiger partial charge on any atom is 0.321 e. The van der Waals surface area contributed by atoms with Gasteiger partial charge in [0.2, 0.25) is 0 Å². The molecule has 0 bridgehead atoms. The van der Waals surface area contributed by atoms with Crippen molar-refractivity contribution < 1.29 is 27.5 Å². The lowest BCUT2D eigenvalue weighted by Gasteiger charge is -2.24. The number of methoxy groups -OCH3 is 1. The molecule has 0 spiro atoms. The van der Waals surface area contributed by atoms with Gasteiger partial charge in [-0.1, -0.05) is 41.4 Å². The number of carbonyl (C=O) groups excluding carboxylic acids is 2. The van der Waals surface area contributed by atoms with Gasteiger partial charge in [-0.3, -0.25) is 14.5 Å². The van der Waals surface area contributed by atoms with E-state index in [0.29, 0.717) is 11.1 Å². The normalized spacial score (nSPS) is 11.9. The summed E-state index contributed by atoms with van der Waals surface area (Å²) in [6.07, 6.45) is 0. The van der Waals surface area contributed by atoms with Crippen molar-refractivity contribution in [2.75, 3.05) is 18.6 Å². The second-order valence-electron chi connectivity index (χ2n) is 8.04. The van der Waals surface area contributed by atoms with Gasteiger partial charge in [0.15, 0.2) is 0 Å². The molecule has 0 saturated carbocycles. The summed E-state index contributed by atoms with van der Waals surface area (Å²) in [7, 11) is 1.49. The highest BCUT2D eigenvalue weighted by Crippen LogP contribution is 2.31. The second kappa shape index (κ2) is 11.4. The molecule has 5 nitrogen and oxygen atoms in total. The number of anilines is 1. The molecule has 2 amide bonds. The van der Waals surface area contributed by atoms with Crippen LogP contribution in [0.5, 0.6) is 0 Å². The average Bonchev–Trinajstić information content (AvgIpc) is 2.79. The van der Waals surface area contributed by atoms with Crippen LogP contribution in [0.15, 0.2) is 60.7 Å². The van der Waals surface area contributed by atoms with Crippen LogP contribution in [0.2, 0.25) is 5.02 Å². The third-order valence-electron chi connectivity index (χ3n) is 5.21. The van der Waals surface area contributed by atoms with Crippen molar-refractivity contribution in [3.63, 3.8) is 0 Å². The van der Waals surface area contributed by atoms with Crippen LogP contribution in [0.3, 0.4) is 0 Å². The van der Waals surface area contributed by atoms with E-state index in [4.69, 9.17) is 16.3 Å². The predicted octanol–water partition coefficient (Wildman–Crippen LogP) is 6.09. The van der Waals surface area contributed by atoms with E-state index in [1.54, 1.807) is 25.1 Å². The van der Waals surface area contributed by atoms with Crippen molar-refractivity contribution in [3.8, 4) is 11.1 Å². The van der Waals surface area contributed by atoms with E-state index < -0.39 is 24.2 Å². The first-order valence-electron chi connectivity index (χ1n) is 10.7. The Morgan fingerprint density at radius 2 is 1.71 bits per heavy atom. The van der Waals surface area contributed by atoms with Gasteiger partial charge < -0.3 is 10.1 Å². The zero-order valence-corrected chi connectivity index (χ0v) is 20.1. The molecule has 3 aromatic rings. The van der Waals surface area contributed by atoms with E-state index in [9.17, 15) is 22.8 Å². The molecule has 0 aliphatic carbocycles. The van der Waals surface area contributed by atoms with Crippen LogP contribution < -0.4 is 10.2 Å². The quantitative estimate of drug-likeness (QED) is 0.378. The van der Waals surface area contributed by atoms with Gasteiger partial charge in [-0.05, 0) is 61.4 Å². The summed E-state index contributed by atoms with van der Waals surface area (Å²) in [4.78, 5) is 26.2. The predicted molar refractivity (Wildman–Crippen MR) is 130 cm³/mol. The molecule has 1 unspecified atom stereocenters. The fourth-order valence-electron chi connectivity index (χ4n) is 3.50. The highest BCUT2D eigenvalue weighted by molar-refractivity contribution is 6.34. The molecule has 1 atom stereocenters. The first-order valence-corrected chi connectivity index (χ1v) is 11.1. The fraction of sp³-hybridized carbons (Fsp3) is 0.231. The van der Waals surface area contributed by atoms with Crippen LogP contribution in [-0.2, 0) is 4.74 Å². The molecule has 3 rings (SSSR count). The lowest BCUT2D eigenvalue weighted by atomic mass is 10.00. The molecule has 0 radical (unpaired) electrons. The van der Waals surface area contributed by atoms with Crippen LogP contribution in [0.25, 0.3) is 11.1 Å². The Hall–Kier alpha value is -3.36. The van der Waals surface area contributed by atoms with Crippen molar-refractivity contribution in [2.45, 2.75) is 26.4 Å². The minimum atomic E-state index is -3.26. The van der Waals surface area contributed by atoms with Crippen molar-refractivity contribution in [1.82, 2.24) is 5.32 Å². The second-order valence-corrected chi connectivity index (χ2v) is 8.45. The number of nitrogens with one attached hydrogen (secondary N) is 1. The number of carbonyl (C=O) groups is 2. The van der Waals surface area contributed by atoms with E-state index in [2.05, 4.69) is 5.32 Å². The molecule has 9 heteroatoms. The van der Waals surface area contributed by atoms with Gasteiger partial charge in [0, 0.05) is 18.7 Å². The molecule has 35 heavy (non-hydrogen) atoms. The molecule has 3 aromatic carbocycles. The summed E-state index contributed by atoms with van der Waals surface area (Å²) in [6.45, 7) is 0.624. The van der Waals surface area contributed by atoms with Crippen molar-refractivity contribution in [1.29, 1.82) is 0 Å². The lowest BCUT2D eigenvalue weighted by Crippen LogP contribution is -2.37. The van der Waals surface area contributed by atoms with Crippen LogP contribution in [0, 0.1) is 12.7 Å². The maximum atomic E-state index is 14.2. The molecular formula is C26H24ClF3N2O3.